The van der Waals surface area contributed by atoms with E-state index in [9.17, 15) is 4.79 Å². The second-order valence-electron chi connectivity index (χ2n) is 6.76. The highest BCUT2D eigenvalue weighted by molar-refractivity contribution is 7.15. The Labute approximate surface area is 166 Å². The number of thiophene rings is 1. The van der Waals surface area contributed by atoms with Crippen molar-refractivity contribution in [1.29, 1.82) is 5.26 Å². The molecular weight excluding hydrogens is 372 g/mol. The molecule has 2 aromatic heterocycles. The van der Waals surface area contributed by atoms with Crippen molar-refractivity contribution < 1.29 is 4.79 Å². The fraction of sp³-hybridized carbons (Fsp3) is 0.250. The first-order valence-electron chi connectivity index (χ1n) is 8.80. The molecule has 0 saturated heterocycles. The fourth-order valence-corrected chi connectivity index (χ4v) is 4.63. The van der Waals surface area contributed by atoms with Crippen molar-refractivity contribution in [3.8, 4) is 11.1 Å². The summed E-state index contributed by atoms with van der Waals surface area (Å²) >= 11 is 1.65. The Hall–Kier alpha value is -3.31. The summed E-state index contributed by atoms with van der Waals surface area (Å²) in [5, 5.41) is 18.6. The third-order valence-electron chi connectivity index (χ3n) is 4.92. The number of primary amides is 1. The van der Waals surface area contributed by atoms with Crippen LogP contribution >= 0.6 is 11.3 Å². The van der Waals surface area contributed by atoms with Crippen LogP contribution in [0.3, 0.4) is 0 Å². The number of aromatic nitrogens is 3. The topological polar surface area (TPSA) is 110 Å². The van der Waals surface area contributed by atoms with Crippen molar-refractivity contribution in [3.63, 3.8) is 0 Å². The summed E-state index contributed by atoms with van der Waals surface area (Å²) in [5.41, 5.74) is 9.86. The highest BCUT2D eigenvalue weighted by atomic mass is 32.1. The second-order valence-corrected chi connectivity index (χ2v) is 7.96. The van der Waals surface area contributed by atoms with Gasteiger partial charge >= 0.3 is 0 Å². The van der Waals surface area contributed by atoms with Gasteiger partial charge in [-0.1, -0.05) is 12.1 Å². The van der Waals surface area contributed by atoms with Gasteiger partial charge in [0.1, 0.15) is 16.9 Å². The van der Waals surface area contributed by atoms with E-state index < -0.39 is 11.9 Å². The fourth-order valence-electron chi connectivity index (χ4n) is 3.42. The number of benzene rings is 1. The first-order chi connectivity index (χ1) is 13.4. The summed E-state index contributed by atoms with van der Waals surface area (Å²) in [6, 6.07) is 8.92. The maximum Gasteiger partial charge on any atom is 0.220 e. The Morgan fingerprint density at radius 1 is 1.25 bits per heavy atom. The minimum absolute atomic E-state index is 0.0465. The van der Waals surface area contributed by atoms with E-state index in [4.69, 9.17) is 16.0 Å². The average molecular weight is 390 g/mol. The number of hydrogen-bond donors (Lipinski definition) is 1. The van der Waals surface area contributed by atoms with Gasteiger partial charge in [0.25, 0.3) is 0 Å². The van der Waals surface area contributed by atoms with E-state index in [-0.39, 0.29) is 6.42 Å². The molecule has 0 unspecified atom stereocenters. The molecule has 0 aliphatic carbocycles. The maximum atomic E-state index is 11.7. The van der Waals surface area contributed by atoms with E-state index in [1.54, 1.807) is 23.5 Å². The van der Waals surface area contributed by atoms with Crippen LogP contribution in [0.5, 0.6) is 0 Å². The third-order valence-corrected chi connectivity index (χ3v) is 6.11. The molecule has 0 saturated carbocycles. The summed E-state index contributed by atoms with van der Waals surface area (Å²) in [5.74, 6) is 0.906. The highest BCUT2D eigenvalue weighted by Gasteiger charge is 2.31. The van der Waals surface area contributed by atoms with Gasteiger partial charge in [-0.3, -0.25) is 14.4 Å². The lowest BCUT2D eigenvalue weighted by atomic mass is 9.99. The highest BCUT2D eigenvalue weighted by Crippen LogP contribution is 2.39. The van der Waals surface area contributed by atoms with Gasteiger partial charge in [0.2, 0.25) is 5.91 Å². The molecule has 0 bridgehead atoms. The first kappa shape index (κ1) is 18.1. The third kappa shape index (κ3) is 2.80. The van der Waals surface area contributed by atoms with Gasteiger partial charge in [0.15, 0.2) is 5.82 Å². The molecule has 0 fully saturated rings. The molecule has 1 amide bonds. The van der Waals surface area contributed by atoms with Crippen LogP contribution in [0.15, 0.2) is 29.3 Å². The van der Waals surface area contributed by atoms with Crippen LogP contribution in [0.25, 0.3) is 5.00 Å². The zero-order chi connectivity index (χ0) is 20.0. The standard InChI is InChI=1S/C20H18N6OS/c1-10-11(2)28-20-17(10)18(14-6-4-13(9-21)5-7-14)23-15(8-16(22)27)19-25-24-12(3)26(19)20/h4-7,15H,8H2,1-3H3,(H2,22,27)/t15-/m0/s1. The number of nitrogens with two attached hydrogens (primary N) is 1. The molecule has 7 nitrogen and oxygen atoms in total. The Morgan fingerprint density at radius 3 is 2.61 bits per heavy atom. The first-order valence-corrected chi connectivity index (χ1v) is 9.61. The number of nitrogens with zero attached hydrogens (tertiary/aromatic N) is 5. The molecule has 0 spiro atoms. The molecule has 2 N–H and O–H groups in total. The molecule has 1 aromatic carbocycles. The molecule has 1 aliphatic rings. The minimum atomic E-state index is -0.524. The Morgan fingerprint density at radius 2 is 1.96 bits per heavy atom. The van der Waals surface area contributed by atoms with E-state index in [0.29, 0.717) is 11.4 Å². The van der Waals surface area contributed by atoms with Crippen LogP contribution in [0.4, 0.5) is 0 Å². The van der Waals surface area contributed by atoms with Crippen LogP contribution in [0.2, 0.25) is 0 Å². The Balaban J connectivity index is 2.02. The Kier molecular flexibility index (Phi) is 4.32. The normalized spacial score (nSPS) is 15.2. The van der Waals surface area contributed by atoms with Crippen LogP contribution in [0, 0.1) is 32.1 Å². The summed E-state index contributed by atoms with van der Waals surface area (Å²) < 4.78 is 1.98. The van der Waals surface area contributed by atoms with Crippen LogP contribution in [-0.2, 0) is 4.79 Å². The number of nitriles is 1. The zero-order valence-electron chi connectivity index (χ0n) is 15.7. The minimum Gasteiger partial charge on any atom is -0.370 e. The quantitative estimate of drug-likeness (QED) is 0.741. The van der Waals surface area contributed by atoms with E-state index in [1.165, 1.54) is 4.88 Å². The number of aliphatic imine (C=N–C) groups is 1. The monoisotopic (exact) mass is 390 g/mol. The van der Waals surface area contributed by atoms with Crippen molar-refractivity contribution in [2.24, 2.45) is 10.7 Å². The molecular formula is C20H18N6OS. The molecule has 8 heteroatoms. The van der Waals surface area contributed by atoms with Crippen molar-refractivity contribution in [2.45, 2.75) is 33.2 Å². The summed E-state index contributed by atoms with van der Waals surface area (Å²) in [6.07, 6.45) is 0.0465. The lowest BCUT2D eigenvalue weighted by Gasteiger charge is -2.11. The van der Waals surface area contributed by atoms with Gasteiger partial charge in [-0.2, -0.15) is 5.26 Å². The molecule has 1 aliphatic heterocycles. The maximum absolute atomic E-state index is 11.7. The van der Waals surface area contributed by atoms with Gasteiger partial charge in [-0.25, -0.2) is 0 Å². The van der Waals surface area contributed by atoms with Crippen molar-refractivity contribution in [2.75, 3.05) is 0 Å². The Bertz CT molecular complexity index is 1160. The molecule has 0 radical (unpaired) electrons. The molecule has 28 heavy (non-hydrogen) atoms. The second kappa shape index (κ2) is 6.69. The number of amides is 1. The molecule has 4 rings (SSSR count). The largest absolute Gasteiger partial charge is 0.370 e. The predicted octanol–water partition coefficient (Wildman–Crippen LogP) is 2.89. The van der Waals surface area contributed by atoms with Gasteiger partial charge in [-0.15, -0.1) is 21.5 Å². The van der Waals surface area contributed by atoms with Gasteiger partial charge < -0.3 is 5.73 Å². The lowest BCUT2D eigenvalue weighted by molar-refractivity contribution is -0.118. The van der Waals surface area contributed by atoms with Gasteiger partial charge in [0.05, 0.1) is 23.8 Å². The van der Waals surface area contributed by atoms with E-state index in [2.05, 4.69) is 30.1 Å². The molecule has 140 valence electrons. The number of carbonyl (C=O) groups is 1. The molecule has 1 atom stereocenters. The predicted molar refractivity (Wildman–Crippen MR) is 107 cm³/mol. The SMILES string of the molecule is Cc1sc2c(c1C)C(c1ccc(C#N)cc1)=N[C@@H](CC(N)=O)c1nnc(C)n1-2. The number of fused-ring (bicyclic) bond motifs is 3. The van der Waals surface area contributed by atoms with Crippen LogP contribution in [-0.4, -0.2) is 26.4 Å². The van der Waals surface area contributed by atoms with Crippen molar-refractivity contribution in [1.82, 2.24) is 14.8 Å². The zero-order valence-corrected chi connectivity index (χ0v) is 16.5. The van der Waals surface area contributed by atoms with Crippen molar-refractivity contribution in [3.05, 3.63) is 63.0 Å². The number of hydrogen-bond acceptors (Lipinski definition) is 6. The number of aryl methyl sites for hydroxylation is 2. The number of carbonyl (C=O) groups excluding carboxylic acids is 1. The summed E-state index contributed by atoms with van der Waals surface area (Å²) in [7, 11) is 0. The van der Waals surface area contributed by atoms with Crippen LogP contribution < -0.4 is 5.73 Å². The smallest absolute Gasteiger partial charge is 0.220 e. The van der Waals surface area contributed by atoms with E-state index >= 15 is 0 Å². The van der Waals surface area contributed by atoms with Crippen molar-refractivity contribution >= 4 is 23.0 Å². The summed E-state index contributed by atoms with van der Waals surface area (Å²) in [4.78, 5) is 17.8. The van der Waals surface area contributed by atoms with E-state index in [0.717, 1.165) is 33.2 Å². The number of rotatable bonds is 3. The average Bonchev–Trinajstić information content (AvgIpc) is 3.14. The molecule has 3 aromatic rings. The van der Waals surface area contributed by atoms with Gasteiger partial charge in [0, 0.05) is 16.0 Å². The summed E-state index contributed by atoms with van der Waals surface area (Å²) in [6.45, 7) is 6.03. The van der Waals surface area contributed by atoms with E-state index in [1.807, 2.05) is 23.6 Å². The van der Waals surface area contributed by atoms with Crippen LogP contribution in [0.1, 0.15) is 51.2 Å². The molecule has 3 heterocycles. The lowest BCUT2D eigenvalue weighted by Crippen LogP contribution is -2.17. The van der Waals surface area contributed by atoms with Gasteiger partial charge in [-0.05, 0) is 38.5 Å².